The van der Waals surface area contributed by atoms with Gasteiger partial charge in [-0.3, -0.25) is 14.4 Å². The maximum Gasteiger partial charge on any atom is 0.473 e. The molecule has 11 heteroatoms. The molecule has 0 saturated heterocycles. The number of fused-ring (bicyclic) bond motifs is 1. The van der Waals surface area contributed by atoms with Crippen LogP contribution in [-0.4, -0.2) is 41.9 Å². The van der Waals surface area contributed by atoms with E-state index in [1.807, 2.05) is 70.7 Å². The zero-order valence-electron chi connectivity index (χ0n) is 21.6. The third kappa shape index (κ3) is 7.48. The third-order valence-electron chi connectivity index (χ3n) is 5.10. The molecular weight excluding hydrogens is 525 g/mol. The maximum atomic E-state index is 12.8. The number of hydrogen-bond acceptors (Lipinski definition) is 9. The van der Waals surface area contributed by atoms with E-state index >= 15 is 0 Å². The average molecular weight is 558 g/mol. The van der Waals surface area contributed by atoms with Crippen molar-refractivity contribution in [1.82, 2.24) is 4.90 Å². The first-order valence-electron chi connectivity index (χ1n) is 11.5. The standard InChI is InChI=1S/C25H33ClNO7PS/c1-23(2,3)32-25(34-35-29,33-24(4,5)6)31-20-14-16-15-27(13-12-19(16)36-20)21(22(28)30-7)17-10-8-9-11-18(17)26/h8-11,14,21H,12-13,15H2,1-7H3/t21-/m0/s1. The number of methoxy groups -OCH3 is 1. The van der Waals surface area contributed by atoms with E-state index in [4.69, 9.17) is 35.1 Å². The van der Waals surface area contributed by atoms with Crippen molar-refractivity contribution < 1.29 is 32.8 Å². The van der Waals surface area contributed by atoms with Crippen LogP contribution in [0, 0.1) is 0 Å². The van der Waals surface area contributed by atoms with Gasteiger partial charge >= 0.3 is 20.8 Å². The van der Waals surface area contributed by atoms with Gasteiger partial charge in [0.15, 0.2) is 5.06 Å². The largest absolute Gasteiger partial charge is 0.473 e. The van der Waals surface area contributed by atoms with Crippen molar-refractivity contribution in [2.45, 2.75) is 77.9 Å². The predicted octanol–water partition coefficient (Wildman–Crippen LogP) is 6.52. The minimum absolute atomic E-state index is 0.378. The lowest BCUT2D eigenvalue weighted by atomic mass is 10.0. The highest BCUT2D eigenvalue weighted by Gasteiger charge is 2.47. The first-order chi connectivity index (χ1) is 16.8. The van der Waals surface area contributed by atoms with E-state index < -0.39 is 32.1 Å². The second-order valence-corrected chi connectivity index (χ2v) is 12.2. The lowest BCUT2D eigenvalue weighted by Crippen LogP contribution is -2.51. The summed E-state index contributed by atoms with van der Waals surface area (Å²) in [5.41, 5.74) is 0.223. The zero-order chi connectivity index (χ0) is 26.7. The molecule has 2 heterocycles. The van der Waals surface area contributed by atoms with E-state index in [1.54, 1.807) is 6.07 Å². The summed E-state index contributed by atoms with van der Waals surface area (Å²) in [6.45, 7) is 12.0. The van der Waals surface area contributed by atoms with E-state index in [9.17, 15) is 9.36 Å². The molecule has 0 bridgehead atoms. The molecule has 0 unspecified atom stereocenters. The average Bonchev–Trinajstić information content (AvgIpc) is 3.13. The number of nitrogens with zero attached hydrogens (tertiary/aromatic N) is 1. The first-order valence-corrected chi connectivity index (χ1v) is 13.5. The Balaban J connectivity index is 1.91. The summed E-state index contributed by atoms with van der Waals surface area (Å²) in [7, 11) is 0.717. The van der Waals surface area contributed by atoms with E-state index in [2.05, 4.69) is 0 Å². The monoisotopic (exact) mass is 557 g/mol. The SMILES string of the molecule is COC(=O)[C@H](c1ccccc1Cl)N1CCc2sc(OC(OP=O)(OC(C)(C)C)OC(C)(C)C)cc2C1. The minimum Gasteiger partial charge on any atom is -0.468 e. The summed E-state index contributed by atoms with van der Waals surface area (Å²) in [5, 5.41) is 0.983. The fourth-order valence-electron chi connectivity index (χ4n) is 3.92. The number of halogens is 1. The molecule has 2 aromatic rings. The van der Waals surface area contributed by atoms with Gasteiger partial charge in [0.2, 0.25) is 0 Å². The number of ether oxygens (including phenoxy) is 4. The van der Waals surface area contributed by atoms with Crippen LogP contribution in [-0.2, 0) is 41.1 Å². The zero-order valence-corrected chi connectivity index (χ0v) is 24.1. The molecule has 1 aromatic heterocycles. The Kier molecular flexibility index (Phi) is 9.21. The highest BCUT2D eigenvalue weighted by atomic mass is 35.5. The second-order valence-electron chi connectivity index (χ2n) is 10.4. The maximum absolute atomic E-state index is 12.8. The quantitative estimate of drug-likeness (QED) is 0.196. The first kappa shape index (κ1) is 29.0. The van der Waals surface area contributed by atoms with Crippen molar-refractivity contribution in [2.75, 3.05) is 13.7 Å². The summed E-state index contributed by atoms with van der Waals surface area (Å²) in [6, 6.07) is 8.50. The number of carbonyl (C=O) groups excluding carboxylic acids is 1. The Labute approximate surface area is 223 Å². The summed E-state index contributed by atoms with van der Waals surface area (Å²) >= 11 is 7.86. The molecule has 0 spiro atoms. The summed E-state index contributed by atoms with van der Waals surface area (Å²) in [4.78, 5) is 15.9. The molecule has 0 fully saturated rings. The van der Waals surface area contributed by atoms with Crippen LogP contribution < -0.4 is 4.74 Å². The van der Waals surface area contributed by atoms with E-state index in [0.717, 1.165) is 10.4 Å². The van der Waals surface area contributed by atoms with Crippen molar-refractivity contribution in [3.05, 3.63) is 51.4 Å². The number of rotatable bonds is 9. The highest BCUT2D eigenvalue weighted by Crippen LogP contribution is 2.41. The Bertz CT molecular complexity index is 1060. The van der Waals surface area contributed by atoms with Crippen molar-refractivity contribution in [2.24, 2.45) is 0 Å². The van der Waals surface area contributed by atoms with Crippen molar-refractivity contribution >= 4 is 37.6 Å². The number of hydrogen-bond donors (Lipinski definition) is 0. The Hall–Kier alpha value is -1.58. The van der Waals surface area contributed by atoms with Gasteiger partial charge in [-0.2, -0.15) is 4.52 Å². The number of carbonyl (C=O) groups is 1. The summed E-state index contributed by atoms with van der Waals surface area (Å²) in [6.07, 6.45) is -1.34. The van der Waals surface area contributed by atoms with E-state index in [-0.39, 0.29) is 5.97 Å². The van der Waals surface area contributed by atoms with E-state index in [1.165, 1.54) is 18.4 Å². The van der Waals surface area contributed by atoms with Crippen LogP contribution in [0.4, 0.5) is 0 Å². The topological polar surface area (TPSA) is 83.5 Å². The molecule has 1 aliphatic rings. The van der Waals surface area contributed by atoms with Crippen LogP contribution in [0.25, 0.3) is 0 Å². The van der Waals surface area contributed by atoms with E-state index in [0.29, 0.717) is 35.2 Å². The Morgan fingerprint density at radius 1 is 1.11 bits per heavy atom. The number of esters is 1. The van der Waals surface area contributed by atoms with Gasteiger partial charge in [-0.25, -0.2) is 9.36 Å². The van der Waals surface area contributed by atoms with Crippen LogP contribution in [0.2, 0.25) is 5.02 Å². The lowest BCUT2D eigenvalue weighted by molar-refractivity contribution is -0.477. The third-order valence-corrected chi connectivity index (χ3v) is 6.86. The van der Waals surface area contributed by atoms with Crippen LogP contribution in [0.15, 0.2) is 30.3 Å². The molecule has 0 aliphatic carbocycles. The second kappa shape index (κ2) is 11.4. The molecule has 0 N–H and O–H groups in total. The summed E-state index contributed by atoms with van der Waals surface area (Å²) < 4.78 is 40.1. The normalized spacial score (nSPS) is 16.0. The van der Waals surface area contributed by atoms with Crippen molar-refractivity contribution in [3.8, 4) is 5.06 Å². The molecule has 0 saturated carbocycles. The van der Waals surface area contributed by atoms with Crippen LogP contribution in [0.5, 0.6) is 5.06 Å². The number of benzene rings is 1. The van der Waals surface area contributed by atoms with Crippen molar-refractivity contribution in [1.29, 1.82) is 0 Å². The van der Waals surface area contributed by atoms with Gasteiger partial charge in [0.1, 0.15) is 6.04 Å². The predicted molar refractivity (Wildman–Crippen MR) is 138 cm³/mol. The smallest absolute Gasteiger partial charge is 0.468 e. The number of thiophene rings is 1. The molecule has 36 heavy (non-hydrogen) atoms. The fourth-order valence-corrected chi connectivity index (χ4v) is 5.39. The van der Waals surface area contributed by atoms with Crippen LogP contribution in [0.3, 0.4) is 0 Å². The van der Waals surface area contributed by atoms with Crippen LogP contribution >= 0.6 is 31.6 Å². The lowest BCUT2D eigenvalue weighted by Gasteiger charge is -2.38. The molecule has 1 aromatic carbocycles. The highest BCUT2D eigenvalue weighted by molar-refractivity contribution is 7.17. The van der Waals surface area contributed by atoms with Gasteiger partial charge in [-0.1, -0.05) is 29.8 Å². The molecular formula is C25H33ClNO7PS. The van der Waals surface area contributed by atoms with Crippen LogP contribution in [0.1, 0.15) is 63.6 Å². The van der Waals surface area contributed by atoms with Crippen molar-refractivity contribution in [3.63, 3.8) is 0 Å². The Morgan fingerprint density at radius 2 is 1.75 bits per heavy atom. The molecule has 1 atom stereocenters. The molecule has 0 radical (unpaired) electrons. The Morgan fingerprint density at radius 3 is 2.31 bits per heavy atom. The molecule has 3 rings (SSSR count). The molecule has 8 nitrogen and oxygen atoms in total. The molecule has 0 amide bonds. The molecule has 198 valence electrons. The van der Waals surface area contributed by atoms with Gasteiger partial charge in [0, 0.05) is 23.0 Å². The van der Waals surface area contributed by atoms with Gasteiger partial charge in [-0.15, -0.1) is 11.3 Å². The minimum atomic E-state index is -2.03. The summed E-state index contributed by atoms with van der Waals surface area (Å²) in [5.74, 6) is -0.378. The van der Waals surface area contributed by atoms with Gasteiger partial charge in [0.05, 0.1) is 18.3 Å². The fraction of sp³-hybridized carbons (Fsp3) is 0.560. The van der Waals surface area contributed by atoms with Gasteiger partial charge < -0.3 is 9.47 Å². The van der Waals surface area contributed by atoms with Gasteiger partial charge in [-0.05, 0) is 71.2 Å². The molecule has 1 aliphatic heterocycles. The van der Waals surface area contributed by atoms with Gasteiger partial charge in [0.25, 0.3) is 0 Å².